The van der Waals surface area contributed by atoms with Crippen LogP contribution in [0.15, 0.2) is 24.3 Å². The van der Waals surface area contributed by atoms with E-state index in [-0.39, 0.29) is 6.10 Å². The molecule has 2 heterocycles. The normalized spacial score (nSPS) is 24.6. The predicted octanol–water partition coefficient (Wildman–Crippen LogP) is 0.443. The Morgan fingerprint density at radius 3 is 2.54 bits per heavy atom. The Hall–Kier alpha value is -1.47. The third kappa shape index (κ3) is 4.54. The summed E-state index contributed by atoms with van der Waals surface area (Å²) in [5, 5.41) is 10.4. The number of rotatable bonds is 4. The second kappa shape index (κ2) is 8.07. The lowest BCUT2D eigenvalue weighted by molar-refractivity contribution is 0.0217. The number of hydrogen-bond acceptors (Lipinski definition) is 5. The van der Waals surface area contributed by atoms with Gasteiger partial charge in [-0.05, 0) is 30.5 Å². The van der Waals surface area contributed by atoms with Crippen molar-refractivity contribution in [3.8, 4) is 0 Å². The van der Waals surface area contributed by atoms with E-state index in [1.54, 1.807) is 12.1 Å². The summed E-state index contributed by atoms with van der Waals surface area (Å²) in [6, 6.07) is 7.94. The zero-order valence-corrected chi connectivity index (χ0v) is 14.1. The number of β-amino-alcohol motifs (C(OH)–C–C–N with tert-alkyl or cyclic N) is 1. The molecule has 3 rings (SSSR count). The minimum absolute atomic E-state index is 0.333. The number of primary amides is 1. The molecule has 24 heavy (non-hydrogen) atoms. The fraction of sp³-hybridized carbons (Fsp3) is 0.611. The standard InChI is InChI=1S/C18H27N3O3/c19-18(23)15-3-1-14(2-4-15)11-20-7-8-21(13-17(22)12-20)16-5-9-24-10-6-16/h1-4,16-17,22H,5-13H2,(H2,19,23). The maximum atomic E-state index is 11.1. The number of nitrogens with two attached hydrogens (primary N) is 1. The van der Waals surface area contributed by atoms with Crippen molar-refractivity contribution in [1.82, 2.24) is 9.80 Å². The number of aliphatic hydroxyl groups excluding tert-OH is 1. The van der Waals surface area contributed by atoms with Gasteiger partial charge in [0.25, 0.3) is 0 Å². The van der Waals surface area contributed by atoms with Gasteiger partial charge < -0.3 is 15.6 Å². The minimum Gasteiger partial charge on any atom is -0.390 e. The second-order valence-corrected chi connectivity index (χ2v) is 6.79. The first kappa shape index (κ1) is 17.4. The number of nitrogens with zero attached hydrogens (tertiary/aromatic N) is 2. The van der Waals surface area contributed by atoms with Crippen LogP contribution < -0.4 is 5.73 Å². The van der Waals surface area contributed by atoms with Gasteiger partial charge in [-0.1, -0.05) is 12.1 Å². The number of benzene rings is 1. The number of ether oxygens (including phenoxy) is 1. The maximum Gasteiger partial charge on any atom is 0.248 e. The molecule has 2 fully saturated rings. The molecular weight excluding hydrogens is 306 g/mol. The molecule has 1 aromatic carbocycles. The lowest BCUT2D eigenvalue weighted by atomic mass is 10.1. The van der Waals surface area contributed by atoms with Crippen molar-refractivity contribution in [2.75, 3.05) is 39.4 Å². The Bertz CT molecular complexity index is 543. The van der Waals surface area contributed by atoms with Crippen molar-refractivity contribution in [2.45, 2.75) is 31.5 Å². The van der Waals surface area contributed by atoms with Gasteiger partial charge in [-0.15, -0.1) is 0 Å². The van der Waals surface area contributed by atoms with Gasteiger partial charge in [0.05, 0.1) is 6.10 Å². The summed E-state index contributed by atoms with van der Waals surface area (Å²) in [7, 11) is 0. The molecule has 1 aromatic rings. The first-order valence-electron chi connectivity index (χ1n) is 8.73. The van der Waals surface area contributed by atoms with Crippen molar-refractivity contribution in [2.24, 2.45) is 5.73 Å². The number of carbonyl (C=O) groups is 1. The molecule has 1 unspecified atom stereocenters. The quantitative estimate of drug-likeness (QED) is 0.836. The van der Waals surface area contributed by atoms with Crippen LogP contribution in [0.3, 0.4) is 0 Å². The molecule has 0 saturated carbocycles. The summed E-state index contributed by atoms with van der Waals surface area (Å²) in [6.07, 6.45) is 1.78. The largest absolute Gasteiger partial charge is 0.390 e. The van der Waals surface area contributed by atoms with E-state index in [1.165, 1.54) is 0 Å². The summed E-state index contributed by atoms with van der Waals surface area (Å²) in [5.74, 6) is -0.404. The average molecular weight is 333 g/mol. The molecule has 2 aliphatic rings. The molecule has 132 valence electrons. The fourth-order valence-electron chi connectivity index (χ4n) is 3.64. The molecule has 3 N–H and O–H groups in total. The van der Waals surface area contributed by atoms with Crippen LogP contribution in [0.1, 0.15) is 28.8 Å². The fourth-order valence-corrected chi connectivity index (χ4v) is 3.64. The van der Waals surface area contributed by atoms with Crippen molar-refractivity contribution >= 4 is 5.91 Å². The highest BCUT2D eigenvalue weighted by Gasteiger charge is 2.27. The van der Waals surface area contributed by atoms with E-state index < -0.39 is 5.91 Å². The topological polar surface area (TPSA) is 79.0 Å². The molecule has 1 amide bonds. The van der Waals surface area contributed by atoms with Crippen LogP contribution in [0.5, 0.6) is 0 Å². The highest BCUT2D eigenvalue weighted by atomic mass is 16.5. The van der Waals surface area contributed by atoms with E-state index in [9.17, 15) is 9.90 Å². The molecule has 0 radical (unpaired) electrons. The van der Waals surface area contributed by atoms with Crippen molar-refractivity contribution in [3.63, 3.8) is 0 Å². The summed E-state index contributed by atoms with van der Waals surface area (Å²) in [4.78, 5) is 15.8. The van der Waals surface area contributed by atoms with E-state index in [0.29, 0.717) is 18.2 Å². The van der Waals surface area contributed by atoms with Crippen LogP contribution in [-0.2, 0) is 11.3 Å². The molecule has 0 aromatic heterocycles. The molecule has 0 spiro atoms. The summed E-state index contributed by atoms with van der Waals surface area (Å²) in [5.41, 5.74) is 6.94. The Labute approximate surface area is 143 Å². The predicted molar refractivity (Wildman–Crippen MR) is 91.7 cm³/mol. The highest BCUT2D eigenvalue weighted by Crippen LogP contribution is 2.18. The summed E-state index contributed by atoms with van der Waals surface area (Å²) < 4.78 is 5.44. The van der Waals surface area contributed by atoms with E-state index >= 15 is 0 Å². The Kier molecular flexibility index (Phi) is 5.84. The molecule has 6 nitrogen and oxygen atoms in total. The van der Waals surface area contributed by atoms with E-state index in [1.807, 2.05) is 12.1 Å². The van der Waals surface area contributed by atoms with Crippen molar-refractivity contribution < 1.29 is 14.6 Å². The first-order chi connectivity index (χ1) is 11.6. The van der Waals surface area contributed by atoms with E-state index in [0.717, 1.165) is 57.8 Å². The van der Waals surface area contributed by atoms with E-state index in [4.69, 9.17) is 10.5 Å². The van der Waals surface area contributed by atoms with Gasteiger partial charge in [0.15, 0.2) is 0 Å². The van der Waals surface area contributed by atoms with Crippen LogP contribution in [0.25, 0.3) is 0 Å². The van der Waals surface area contributed by atoms with Crippen LogP contribution in [0.4, 0.5) is 0 Å². The zero-order chi connectivity index (χ0) is 16.9. The smallest absolute Gasteiger partial charge is 0.248 e. The van der Waals surface area contributed by atoms with Gasteiger partial charge in [0.1, 0.15) is 0 Å². The molecule has 2 aliphatic heterocycles. The highest BCUT2D eigenvalue weighted by molar-refractivity contribution is 5.92. The monoisotopic (exact) mass is 333 g/mol. The Balaban J connectivity index is 1.57. The van der Waals surface area contributed by atoms with Crippen LogP contribution in [0.2, 0.25) is 0 Å². The van der Waals surface area contributed by atoms with Gasteiger partial charge in [0.2, 0.25) is 5.91 Å². The minimum atomic E-state index is -0.404. The third-order valence-corrected chi connectivity index (χ3v) is 4.97. The van der Waals surface area contributed by atoms with Gasteiger partial charge in [-0.2, -0.15) is 0 Å². The lowest BCUT2D eigenvalue weighted by Gasteiger charge is -2.33. The maximum absolute atomic E-state index is 11.1. The van der Waals surface area contributed by atoms with E-state index in [2.05, 4.69) is 9.80 Å². The van der Waals surface area contributed by atoms with Crippen LogP contribution in [-0.4, -0.2) is 72.4 Å². The molecular formula is C18H27N3O3. The average Bonchev–Trinajstić information content (AvgIpc) is 2.77. The summed E-state index contributed by atoms with van der Waals surface area (Å²) >= 11 is 0. The number of amides is 1. The molecule has 1 atom stereocenters. The molecule has 6 heteroatoms. The van der Waals surface area contributed by atoms with Crippen molar-refractivity contribution in [3.05, 3.63) is 35.4 Å². The van der Waals surface area contributed by atoms with Crippen LogP contribution >= 0.6 is 0 Å². The Morgan fingerprint density at radius 2 is 1.88 bits per heavy atom. The van der Waals surface area contributed by atoms with Gasteiger partial charge in [0, 0.05) is 57.5 Å². The third-order valence-electron chi connectivity index (χ3n) is 4.97. The van der Waals surface area contributed by atoms with Gasteiger partial charge in [-0.3, -0.25) is 14.6 Å². The number of aliphatic hydroxyl groups is 1. The molecule has 2 saturated heterocycles. The number of hydrogen-bond donors (Lipinski definition) is 2. The zero-order valence-electron chi connectivity index (χ0n) is 14.1. The molecule has 0 bridgehead atoms. The van der Waals surface area contributed by atoms with Gasteiger partial charge in [-0.25, -0.2) is 0 Å². The SMILES string of the molecule is NC(=O)c1ccc(CN2CCN(C3CCOCC3)CC(O)C2)cc1. The first-order valence-corrected chi connectivity index (χ1v) is 8.73. The van der Waals surface area contributed by atoms with Crippen molar-refractivity contribution in [1.29, 1.82) is 0 Å². The number of carbonyl (C=O) groups excluding carboxylic acids is 1. The lowest BCUT2D eigenvalue weighted by Crippen LogP contribution is -2.43. The van der Waals surface area contributed by atoms with Crippen LogP contribution in [0, 0.1) is 0 Å². The summed E-state index contributed by atoms with van der Waals surface area (Å²) in [6.45, 7) is 5.75. The van der Waals surface area contributed by atoms with Gasteiger partial charge >= 0.3 is 0 Å². The second-order valence-electron chi connectivity index (χ2n) is 6.79. The molecule has 0 aliphatic carbocycles. The Morgan fingerprint density at radius 1 is 1.17 bits per heavy atom.